The van der Waals surface area contributed by atoms with E-state index in [2.05, 4.69) is 5.32 Å². The summed E-state index contributed by atoms with van der Waals surface area (Å²) in [6, 6.07) is 5.15. The Morgan fingerprint density at radius 2 is 2.00 bits per heavy atom. The highest BCUT2D eigenvalue weighted by Gasteiger charge is 2.14. The van der Waals surface area contributed by atoms with Gasteiger partial charge in [-0.05, 0) is 25.0 Å². The average Bonchev–Trinajstić information content (AvgIpc) is 2.33. The molecule has 2 rings (SSSR count). The molecule has 1 aromatic rings. The van der Waals surface area contributed by atoms with Crippen LogP contribution in [0.15, 0.2) is 18.2 Å². The molecule has 1 aliphatic carbocycles. The van der Waals surface area contributed by atoms with Crippen molar-refractivity contribution in [3.05, 3.63) is 24.0 Å². The minimum Gasteiger partial charge on any atom is -0.494 e. The van der Waals surface area contributed by atoms with Crippen molar-refractivity contribution in [1.29, 1.82) is 0 Å². The first kappa shape index (κ1) is 11.2. The molecule has 0 heterocycles. The van der Waals surface area contributed by atoms with Crippen LogP contribution in [0.4, 0.5) is 10.1 Å². The molecule has 1 fully saturated rings. The van der Waals surface area contributed by atoms with Gasteiger partial charge in [0, 0.05) is 12.1 Å². The van der Waals surface area contributed by atoms with Gasteiger partial charge in [0.1, 0.15) is 11.6 Å². The Bertz CT molecular complexity index is 348. The molecule has 0 unspecified atom stereocenters. The smallest absolute Gasteiger partial charge is 0.144 e. The fraction of sp³-hybridized carbons (Fsp3) is 0.538. The summed E-state index contributed by atoms with van der Waals surface area (Å²) >= 11 is 0. The van der Waals surface area contributed by atoms with Crippen LogP contribution in [0, 0.1) is 5.82 Å². The zero-order chi connectivity index (χ0) is 11.4. The fourth-order valence-electron chi connectivity index (χ4n) is 2.25. The van der Waals surface area contributed by atoms with Crippen LogP contribution in [0.2, 0.25) is 0 Å². The zero-order valence-electron chi connectivity index (χ0n) is 9.63. The maximum atomic E-state index is 13.0. The third kappa shape index (κ3) is 2.65. The Hall–Kier alpha value is -1.25. The van der Waals surface area contributed by atoms with Gasteiger partial charge in [-0.3, -0.25) is 0 Å². The van der Waals surface area contributed by atoms with Crippen molar-refractivity contribution in [3.63, 3.8) is 0 Å². The predicted octanol–water partition coefficient (Wildman–Crippen LogP) is 3.58. The lowest BCUT2D eigenvalue weighted by Crippen LogP contribution is -2.22. The molecule has 0 aromatic heterocycles. The van der Waals surface area contributed by atoms with Crippen molar-refractivity contribution in [1.82, 2.24) is 0 Å². The van der Waals surface area contributed by atoms with Gasteiger partial charge >= 0.3 is 0 Å². The number of hydrogen-bond donors (Lipinski definition) is 1. The number of benzene rings is 1. The quantitative estimate of drug-likeness (QED) is 0.845. The van der Waals surface area contributed by atoms with Gasteiger partial charge in [0.15, 0.2) is 0 Å². The first-order valence-corrected chi connectivity index (χ1v) is 5.89. The Balaban J connectivity index is 2.07. The van der Waals surface area contributed by atoms with Crippen LogP contribution in [0.25, 0.3) is 0 Å². The van der Waals surface area contributed by atoms with Crippen molar-refractivity contribution in [2.24, 2.45) is 0 Å². The second-order valence-corrected chi connectivity index (χ2v) is 4.32. The van der Waals surface area contributed by atoms with Gasteiger partial charge in [-0.2, -0.15) is 0 Å². The van der Waals surface area contributed by atoms with Gasteiger partial charge in [-0.15, -0.1) is 0 Å². The van der Waals surface area contributed by atoms with Crippen LogP contribution in [-0.4, -0.2) is 13.2 Å². The number of rotatable bonds is 3. The standard InChI is InChI=1S/C13H18FNO/c1-16-13-9-10(14)7-8-12(13)15-11-5-3-2-4-6-11/h7-9,11,15H,2-6H2,1H3. The number of methoxy groups -OCH3 is 1. The van der Waals surface area contributed by atoms with E-state index in [0.29, 0.717) is 11.8 Å². The maximum Gasteiger partial charge on any atom is 0.144 e. The van der Waals surface area contributed by atoms with E-state index in [0.717, 1.165) is 5.69 Å². The lowest BCUT2D eigenvalue weighted by Gasteiger charge is -2.24. The lowest BCUT2D eigenvalue weighted by atomic mass is 9.95. The number of halogens is 1. The molecule has 0 bridgehead atoms. The fourth-order valence-corrected chi connectivity index (χ4v) is 2.25. The number of anilines is 1. The molecule has 1 aromatic carbocycles. The van der Waals surface area contributed by atoms with Crippen LogP contribution in [0.5, 0.6) is 5.75 Å². The SMILES string of the molecule is COc1cc(F)ccc1NC1CCCCC1. The van der Waals surface area contributed by atoms with Crippen molar-refractivity contribution >= 4 is 5.69 Å². The van der Waals surface area contributed by atoms with Crippen LogP contribution in [-0.2, 0) is 0 Å². The second kappa shape index (κ2) is 5.19. The topological polar surface area (TPSA) is 21.3 Å². The molecule has 0 aliphatic heterocycles. The first-order chi connectivity index (χ1) is 7.79. The predicted molar refractivity (Wildman–Crippen MR) is 63.4 cm³/mol. The molecule has 88 valence electrons. The van der Waals surface area contributed by atoms with E-state index in [1.807, 2.05) is 0 Å². The molecule has 3 heteroatoms. The van der Waals surface area contributed by atoms with Crippen molar-refractivity contribution in [2.75, 3.05) is 12.4 Å². The van der Waals surface area contributed by atoms with Gasteiger partial charge < -0.3 is 10.1 Å². The highest BCUT2D eigenvalue weighted by molar-refractivity contribution is 5.57. The minimum atomic E-state index is -0.258. The number of nitrogens with one attached hydrogen (secondary N) is 1. The summed E-state index contributed by atoms with van der Waals surface area (Å²) in [6.45, 7) is 0. The van der Waals surface area contributed by atoms with Crippen molar-refractivity contribution in [3.8, 4) is 5.75 Å². The van der Waals surface area contributed by atoms with Crippen LogP contribution >= 0.6 is 0 Å². The molecule has 0 radical (unpaired) electrons. The molecule has 2 nitrogen and oxygen atoms in total. The summed E-state index contributed by atoms with van der Waals surface area (Å²) in [5.74, 6) is 0.330. The van der Waals surface area contributed by atoms with Crippen LogP contribution < -0.4 is 10.1 Å². The third-order valence-electron chi connectivity index (χ3n) is 3.13. The normalized spacial score (nSPS) is 17.1. The van der Waals surface area contributed by atoms with E-state index in [9.17, 15) is 4.39 Å². The van der Waals surface area contributed by atoms with Crippen LogP contribution in [0.3, 0.4) is 0 Å². The molecule has 1 aliphatic rings. The lowest BCUT2D eigenvalue weighted by molar-refractivity contribution is 0.409. The summed E-state index contributed by atoms with van der Waals surface area (Å²) < 4.78 is 18.2. The van der Waals surface area contributed by atoms with Gasteiger partial charge in [0.2, 0.25) is 0 Å². The Morgan fingerprint density at radius 3 is 2.69 bits per heavy atom. The summed E-state index contributed by atoms with van der Waals surface area (Å²) in [5, 5.41) is 3.44. The highest BCUT2D eigenvalue weighted by Crippen LogP contribution is 2.28. The summed E-state index contributed by atoms with van der Waals surface area (Å²) in [5.41, 5.74) is 0.899. The monoisotopic (exact) mass is 223 g/mol. The first-order valence-electron chi connectivity index (χ1n) is 5.89. The van der Waals surface area contributed by atoms with Crippen LogP contribution in [0.1, 0.15) is 32.1 Å². The Labute approximate surface area is 95.8 Å². The minimum absolute atomic E-state index is 0.258. The molecule has 1 N–H and O–H groups in total. The van der Waals surface area contributed by atoms with E-state index in [1.165, 1.54) is 44.2 Å². The molecule has 1 saturated carbocycles. The van der Waals surface area contributed by atoms with E-state index < -0.39 is 0 Å². The molecule has 0 atom stereocenters. The average molecular weight is 223 g/mol. The zero-order valence-corrected chi connectivity index (χ0v) is 9.63. The van der Waals surface area contributed by atoms with Gasteiger partial charge in [0.05, 0.1) is 12.8 Å². The molecule has 0 spiro atoms. The third-order valence-corrected chi connectivity index (χ3v) is 3.13. The second-order valence-electron chi connectivity index (χ2n) is 4.32. The Kier molecular flexibility index (Phi) is 3.65. The van der Waals surface area contributed by atoms with E-state index in [4.69, 9.17) is 4.74 Å². The van der Waals surface area contributed by atoms with E-state index in [-0.39, 0.29) is 5.82 Å². The summed E-state index contributed by atoms with van der Waals surface area (Å²) in [7, 11) is 1.57. The number of hydrogen-bond acceptors (Lipinski definition) is 2. The Morgan fingerprint density at radius 1 is 1.25 bits per heavy atom. The van der Waals surface area contributed by atoms with Crippen molar-refractivity contribution in [2.45, 2.75) is 38.1 Å². The molecule has 16 heavy (non-hydrogen) atoms. The largest absolute Gasteiger partial charge is 0.494 e. The van der Waals surface area contributed by atoms with E-state index in [1.54, 1.807) is 13.2 Å². The van der Waals surface area contributed by atoms with E-state index >= 15 is 0 Å². The highest BCUT2D eigenvalue weighted by atomic mass is 19.1. The molecular weight excluding hydrogens is 205 g/mol. The molecule has 0 amide bonds. The molecular formula is C13H18FNO. The molecule has 0 saturated heterocycles. The van der Waals surface area contributed by atoms with Gasteiger partial charge in [-0.25, -0.2) is 4.39 Å². The van der Waals surface area contributed by atoms with Crippen molar-refractivity contribution < 1.29 is 9.13 Å². The summed E-state index contributed by atoms with van der Waals surface area (Å²) in [6.07, 6.45) is 6.28. The number of ether oxygens (including phenoxy) is 1. The maximum absolute atomic E-state index is 13.0. The summed E-state index contributed by atoms with van der Waals surface area (Å²) in [4.78, 5) is 0. The van der Waals surface area contributed by atoms with Gasteiger partial charge in [0.25, 0.3) is 0 Å². The van der Waals surface area contributed by atoms with Gasteiger partial charge in [-0.1, -0.05) is 19.3 Å².